The van der Waals surface area contributed by atoms with Crippen LogP contribution >= 0.6 is 0 Å². The predicted molar refractivity (Wildman–Crippen MR) is 68.0 cm³/mol. The van der Waals surface area contributed by atoms with E-state index in [1.54, 1.807) is 0 Å². The van der Waals surface area contributed by atoms with Crippen LogP contribution < -0.4 is 5.32 Å². The van der Waals surface area contributed by atoms with Crippen LogP contribution in [0.3, 0.4) is 0 Å². The van der Waals surface area contributed by atoms with Gasteiger partial charge in [-0.05, 0) is 18.4 Å². The van der Waals surface area contributed by atoms with E-state index in [2.05, 4.69) is 5.32 Å². The highest BCUT2D eigenvalue weighted by Crippen LogP contribution is 2.24. The topological polar surface area (TPSA) is 58.6 Å². The summed E-state index contributed by atoms with van der Waals surface area (Å²) >= 11 is 0. The lowest BCUT2D eigenvalue weighted by Gasteiger charge is -2.14. The molecule has 4 nitrogen and oxygen atoms in total. The van der Waals surface area contributed by atoms with E-state index in [9.17, 15) is 9.90 Å². The number of nitrogens with one attached hydrogen (secondary N) is 1. The SMILES string of the molecule is O=C(NC[C@H]1CCC[C@H]1O)OCc1ccccc1. The highest BCUT2D eigenvalue weighted by Gasteiger charge is 2.25. The molecule has 0 bridgehead atoms. The highest BCUT2D eigenvalue weighted by atomic mass is 16.5. The van der Waals surface area contributed by atoms with E-state index in [1.165, 1.54) is 0 Å². The third kappa shape index (κ3) is 3.74. The van der Waals surface area contributed by atoms with Crippen molar-refractivity contribution in [2.75, 3.05) is 6.54 Å². The Morgan fingerprint density at radius 1 is 1.33 bits per heavy atom. The molecule has 1 aromatic carbocycles. The summed E-state index contributed by atoms with van der Waals surface area (Å²) in [6.45, 7) is 0.773. The quantitative estimate of drug-likeness (QED) is 0.859. The molecule has 0 aliphatic heterocycles. The summed E-state index contributed by atoms with van der Waals surface area (Å²) in [5.74, 6) is 0.175. The van der Waals surface area contributed by atoms with Crippen LogP contribution in [0.1, 0.15) is 24.8 Å². The van der Waals surface area contributed by atoms with Crippen LogP contribution in [0, 0.1) is 5.92 Å². The van der Waals surface area contributed by atoms with Crippen molar-refractivity contribution in [2.24, 2.45) is 5.92 Å². The number of benzene rings is 1. The van der Waals surface area contributed by atoms with Crippen molar-refractivity contribution in [2.45, 2.75) is 32.0 Å². The van der Waals surface area contributed by atoms with Gasteiger partial charge in [0.05, 0.1) is 6.10 Å². The standard InChI is InChI=1S/C14H19NO3/c16-13-8-4-7-12(13)9-15-14(17)18-10-11-5-2-1-3-6-11/h1-3,5-6,12-13,16H,4,7-10H2,(H,15,17)/t12-,13-/m1/s1. The number of rotatable bonds is 4. The Morgan fingerprint density at radius 2 is 2.11 bits per heavy atom. The second-order valence-electron chi connectivity index (χ2n) is 4.70. The van der Waals surface area contributed by atoms with Crippen molar-refractivity contribution in [1.82, 2.24) is 5.32 Å². The first-order chi connectivity index (χ1) is 8.75. The molecular weight excluding hydrogens is 230 g/mol. The van der Waals surface area contributed by atoms with Gasteiger partial charge in [0.25, 0.3) is 0 Å². The zero-order valence-electron chi connectivity index (χ0n) is 10.3. The van der Waals surface area contributed by atoms with E-state index in [1.807, 2.05) is 30.3 Å². The maximum absolute atomic E-state index is 11.5. The second kappa shape index (κ2) is 6.40. The number of alkyl carbamates (subject to hydrolysis) is 1. The minimum atomic E-state index is -0.419. The Morgan fingerprint density at radius 3 is 2.78 bits per heavy atom. The Balaban J connectivity index is 1.66. The lowest BCUT2D eigenvalue weighted by molar-refractivity contribution is 0.118. The van der Waals surface area contributed by atoms with Crippen LogP contribution in [0.15, 0.2) is 30.3 Å². The van der Waals surface area contributed by atoms with Gasteiger partial charge in [0.1, 0.15) is 6.61 Å². The van der Waals surface area contributed by atoms with Gasteiger partial charge in [-0.2, -0.15) is 0 Å². The van der Waals surface area contributed by atoms with E-state index in [4.69, 9.17) is 4.74 Å². The van der Waals surface area contributed by atoms with Gasteiger partial charge in [0, 0.05) is 12.5 Å². The maximum atomic E-state index is 11.5. The molecule has 2 rings (SSSR count). The average Bonchev–Trinajstić information content (AvgIpc) is 2.81. The van der Waals surface area contributed by atoms with E-state index in [0.717, 1.165) is 24.8 Å². The summed E-state index contributed by atoms with van der Waals surface area (Å²) in [6.07, 6.45) is 2.15. The molecule has 0 spiro atoms. The number of hydrogen-bond donors (Lipinski definition) is 2. The number of ether oxygens (including phenoxy) is 1. The van der Waals surface area contributed by atoms with Gasteiger partial charge in [-0.3, -0.25) is 0 Å². The maximum Gasteiger partial charge on any atom is 0.407 e. The summed E-state index contributed by atoms with van der Waals surface area (Å²) < 4.78 is 5.09. The zero-order valence-corrected chi connectivity index (χ0v) is 10.3. The number of aliphatic hydroxyl groups excluding tert-OH is 1. The van der Waals surface area contributed by atoms with Crippen LogP contribution in [0.5, 0.6) is 0 Å². The van der Waals surface area contributed by atoms with Gasteiger partial charge in [-0.15, -0.1) is 0 Å². The average molecular weight is 249 g/mol. The fourth-order valence-electron chi connectivity index (χ4n) is 2.24. The van der Waals surface area contributed by atoms with Gasteiger partial charge in [-0.1, -0.05) is 36.8 Å². The fraction of sp³-hybridized carbons (Fsp3) is 0.500. The molecule has 1 aromatic rings. The summed E-state index contributed by atoms with van der Waals surface area (Å²) in [4.78, 5) is 11.5. The Kier molecular flexibility index (Phi) is 4.59. The van der Waals surface area contributed by atoms with Crippen LogP contribution in [-0.4, -0.2) is 23.8 Å². The van der Waals surface area contributed by atoms with Gasteiger partial charge in [0.15, 0.2) is 0 Å². The molecule has 0 saturated heterocycles. The lowest BCUT2D eigenvalue weighted by atomic mass is 10.1. The molecule has 98 valence electrons. The van der Waals surface area contributed by atoms with E-state index in [-0.39, 0.29) is 18.6 Å². The molecule has 0 radical (unpaired) electrons. The molecule has 1 aliphatic carbocycles. The van der Waals surface area contributed by atoms with Crippen molar-refractivity contribution in [3.8, 4) is 0 Å². The first-order valence-corrected chi connectivity index (χ1v) is 6.38. The molecule has 1 aliphatic rings. The number of carbonyl (C=O) groups excluding carboxylic acids is 1. The van der Waals surface area contributed by atoms with Crippen LogP contribution in [0.4, 0.5) is 4.79 Å². The normalized spacial score (nSPS) is 22.7. The number of carbonyl (C=O) groups is 1. The minimum Gasteiger partial charge on any atom is -0.445 e. The molecule has 1 saturated carbocycles. The Bertz CT molecular complexity index is 380. The summed E-state index contributed by atoms with van der Waals surface area (Å²) in [5, 5.41) is 12.3. The van der Waals surface area contributed by atoms with Crippen molar-refractivity contribution in [3.05, 3.63) is 35.9 Å². The van der Waals surface area contributed by atoms with E-state index >= 15 is 0 Å². The monoisotopic (exact) mass is 249 g/mol. The summed E-state index contributed by atoms with van der Waals surface area (Å²) in [6, 6.07) is 9.56. The van der Waals surface area contributed by atoms with Crippen LogP contribution in [0.2, 0.25) is 0 Å². The van der Waals surface area contributed by atoms with Gasteiger partial charge >= 0.3 is 6.09 Å². The summed E-state index contributed by atoms with van der Waals surface area (Å²) in [5.41, 5.74) is 0.966. The van der Waals surface area contributed by atoms with Crippen LogP contribution in [0.25, 0.3) is 0 Å². The van der Waals surface area contributed by atoms with Crippen molar-refractivity contribution in [1.29, 1.82) is 0 Å². The fourth-order valence-corrected chi connectivity index (χ4v) is 2.24. The zero-order chi connectivity index (χ0) is 12.8. The van der Waals surface area contributed by atoms with Gasteiger partial charge < -0.3 is 15.2 Å². The molecule has 0 heterocycles. The molecule has 18 heavy (non-hydrogen) atoms. The Hall–Kier alpha value is -1.55. The highest BCUT2D eigenvalue weighted by molar-refractivity contribution is 5.67. The number of amides is 1. The number of aliphatic hydroxyl groups is 1. The van der Waals surface area contributed by atoms with Crippen molar-refractivity contribution >= 4 is 6.09 Å². The van der Waals surface area contributed by atoms with Crippen molar-refractivity contribution < 1.29 is 14.6 Å². The molecule has 1 amide bonds. The molecule has 0 unspecified atom stereocenters. The number of hydrogen-bond acceptors (Lipinski definition) is 3. The van der Waals surface area contributed by atoms with Gasteiger partial charge in [-0.25, -0.2) is 4.79 Å². The minimum absolute atomic E-state index is 0.175. The molecule has 0 aromatic heterocycles. The molecule has 2 N–H and O–H groups in total. The summed E-state index contributed by atoms with van der Waals surface area (Å²) in [7, 11) is 0. The predicted octanol–water partition coefficient (Wildman–Crippen LogP) is 2.07. The first kappa shape index (κ1) is 12.9. The largest absolute Gasteiger partial charge is 0.445 e. The van der Waals surface area contributed by atoms with E-state index in [0.29, 0.717) is 6.54 Å². The van der Waals surface area contributed by atoms with Crippen molar-refractivity contribution in [3.63, 3.8) is 0 Å². The molecule has 1 fully saturated rings. The van der Waals surface area contributed by atoms with Crippen LogP contribution in [-0.2, 0) is 11.3 Å². The molecule has 2 atom stereocenters. The third-order valence-electron chi connectivity index (χ3n) is 3.34. The molecule has 4 heteroatoms. The van der Waals surface area contributed by atoms with Gasteiger partial charge in [0.2, 0.25) is 0 Å². The Labute approximate surface area is 107 Å². The smallest absolute Gasteiger partial charge is 0.407 e. The second-order valence-corrected chi connectivity index (χ2v) is 4.70. The third-order valence-corrected chi connectivity index (χ3v) is 3.34. The first-order valence-electron chi connectivity index (χ1n) is 6.38. The van der Waals surface area contributed by atoms with E-state index < -0.39 is 6.09 Å². The lowest BCUT2D eigenvalue weighted by Crippen LogP contribution is -2.32. The molecular formula is C14H19NO3.